The molecule has 0 aromatic carbocycles. The molecule has 0 heterocycles. The van der Waals surface area contributed by atoms with Crippen LogP contribution in [0.15, 0.2) is 0 Å². The number of unbranched alkanes of at least 4 members (excludes halogenated alkanes) is 1. The maximum atomic E-state index is 2.26. The summed E-state index contributed by atoms with van der Waals surface area (Å²) in [5.41, 5.74) is 0. The van der Waals surface area contributed by atoms with Gasteiger partial charge in [0.15, 0.2) is 0 Å². The molecule has 1 heteroatoms. The molecular formula is C8H15S. The Bertz CT molecular complexity index is 67.0. The van der Waals surface area contributed by atoms with Crippen molar-refractivity contribution >= 4 is 11.8 Å². The molecule has 1 radical (unpaired) electrons. The van der Waals surface area contributed by atoms with E-state index < -0.39 is 0 Å². The van der Waals surface area contributed by atoms with E-state index in [4.69, 9.17) is 0 Å². The van der Waals surface area contributed by atoms with Crippen LogP contribution in [0.25, 0.3) is 0 Å². The molecule has 0 aromatic rings. The van der Waals surface area contributed by atoms with E-state index >= 15 is 0 Å². The molecule has 1 aliphatic carbocycles. The standard InChI is InChI=1S/C8H15S/c1-2-3-7-9-8-5-4-6-8/h2,8H,3-7H2,1H3. The fraction of sp³-hybridized carbons (Fsp3) is 0.875. The molecule has 0 unspecified atom stereocenters. The Hall–Kier alpha value is 0.350. The van der Waals surface area contributed by atoms with Crippen molar-refractivity contribution in [1.82, 2.24) is 0 Å². The minimum Gasteiger partial charge on any atom is -0.159 e. The van der Waals surface area contributed by atoms with E-state index in [0.29, 0.717) is 0 Å². The number of hydrogen-bond acceptors (Lipinski definition) is 1. The molecule has 0 nitrogen and oxygen atoms in total. The first-order chi connectivity index (χ1) is 4.43. The van der Waals surface area contributed by atoms with Gasteiger partial charge in [-0.2, -0.15) is 11.8 Å². The second-order valence-electron chi connectivity index (χ2n) is 2.62. The third-order valence-corrected chi connectivity index (χ3v) is 3.23. The van der Waals surface area contributed by atoms with Gasteiger partial charge in [0.2, 0.25) is 0 Å². The van der Waals surface area contributed by atoms with Crippen molar-refractivity contribution in [2.75, 3.05) is 5.75 Å². The monoisotopic (exact) mass is 143 g/mol. The predicted molar refractivity (Wildman–Crippen MR) is 44.7 cm³/mol. The van der Waals surface area contributed by atoms with E-state index in [0.717, 1.165) is 5.25 Å². The van der Waals surface area contributed by atoms with E-state index in [-0.39, 0.29) is 0 Å². The van der Waals surface area contributed by atoms with Crippen molar-refractivity contribution in [1.29, 1.82) is 0 Å². The fourth-order valence-corrected chi connectivity index (χ4v) is 2.26. The van der Waals surface area contributed by atoms with Gasteiger partial charge in [-0.05, 0) is 31.4 Å². The first-order valence-corrected chi connectivity index (χ1v) is 4.88. The maximum Gasteiger partial charge on any atom is 0.00470 e. The number of hydrogen-bond donors (Lipinski definition) is 0. The SMILES string of the molecule is C[CH]CCSC1CCC1. The zero-order valence-electron chi connectivity index (χ0n) is 6.10. The van der Waals surface area contributed by atoms with Gasteiger partial charge in [-0.15, -0.1) is 0 Å². The summed E-state index contributed by atoms with van der Waals surface area (Å²) in [6, 6.07) is 0. The Morgan fingerprint density at radius 2 is 2.33 bits per heavy atom. The van der Waals surface area contributed by atoms with Crippen molar-refractivity contribution in [2.45, 2.75) is 37.9 Å². The first-order valence-electron chi connectivity index (χ1n) is 3.83. The van der Waals surface area contributed by atoms with Crippen molar-refractivity contribution in [3.63, 3.8) is 0 Å². The van der Waals surface area contributed by atoms with Crippen LogP contribution < -0.4 is 0 Å². The van der Waals surface area contributed by atoms with E-state index in [2.05, 4.69) is 25.1 Å². The normalized spacial score (nSPS) is 19.7. The number of thioether (sulfide) groups is 1. The molecule has 0 aromatic heterocycles. The lowest BCUT2D eigenvalue weighted by Gasteiger charge is -2.24. The van der Waals surface area contributed by atoms with Gasteiger partial charge >= 0.3 is 0 Å². The lowest BCUT2D eigenvalue weighted by Crippen LogP contribution is -2.13. The van der Waals surface area contributed by atoms with Crippen LogP contribution in [0.5, 0.6) is 0 Å². The topological polar surface area (TPSA) is 0 Å². The smallest absolute Gasteiger partial charge is 0.00470 e. The quantitative estimate of drug-likeness (QED) is 0.545. The first kappa shape index (κ1) is 7.46. The molecule has 1 aliphatic rings. The fourth-order valence-electron chi connectivity index (χ4n) is 0.890. The number of rotatable bonds is 4. The summed E-state index contributed by atoms with van der Waals surface area (Å²) in [7, 11) is 0. The Morgan fingerprint density at radius 3 is 2.78 bits per heavy atom. The van der Waals surface area contributed by atoms with Crippen molar-refractivity contribution in [3.8, 4) is 0 Å². The van der Waals surface area contributed by atoms with Gasteiger partial charge in [0.05, 0.1) is 0 Å². The zero-order chi connectivity index (χ0) is 6.53. The molecule has 53 valence electrons. The molecule has 0 spiro atoms. The molecule has 0 aliphatic heterocycles. The summed E-state index contributed by atoms with van der Waals surface area (Å²) < 4.78 is 0. The molecule has 1 saturated carbocycles. The minimum absolute atomic E-state index is 1.03. The molecular weight excluding hydrogens is 128 g/mol. The summed E-state index contributed by atoms with van der Waals surface area (Å²) in [6.07, 6.45) is 7.99. The molecule has 0 amide bonds. The highest BCUT2D eigenvalue weighted by Crippen LogP contribution is 2.31. The highest BCUT2D eigenvalue weighted by molar-refractivity contribution is 7.99. The van der Waals surface area contributed by atoms with Crippen LogP contribution in [0.1, 0.15) is 32.6 Å². The summed E-state index contributed by atoms with van der Waals surface area (Å²) in [6.45, 7) is 2.14. The Labute approximate surface area is 62.4 Å². The van der Waals surface area contributed by atoms with Gasteiger partial charge < -0.3 is 0 Å². The molecule has 0 N–H and O–H groups in total. The van der Waals surface area contributed by atoms with E-state index in [9.17, 15) is 0 Å². The molecule has 0 saturated heterocycles. The van der Waals surface area contributed by atoms with E-state index in [1.165, 1.54) is 31.4 Å². The minimum atomic E-state index is 1.03. The van der Waals surface area contributed by atoms with Crippen LogP contribution in [-0.2, 0) is 0 Å². The summed E-state index contributed by atoms with van der Waals surface area (Å²) in [5, 5.41) is 1.03. The Kier molecular flexibility index (Phi) is 3.49. The summed E-state index contributed by atoms with van der Waals surface area (Å²) >= 11 is 2.16. The average Bonchev–Trinajstić information content (AvgIpc) is 1.76. The van der Waals surface area contributed by atoms with Crippen molar-refractivity contribution < 1.29 is 0 Å². The maximum absolute atomic E-state index is 2.26. The lowest BCUT2D eigenvalue weighted by molar-refractivity contribution is 0.522. The van der Waals surface area contributed by atoms with Gasteiger partial charge in [0, 0.05) is 5.25 Å². The Morgan fingerprint density at radius 1 is 1.56 bits per heavy atom. The van der Waals surface area contributed by atoms with Crippen LogP contribution in [-0.4, -0.2) is 11.0 Å². The van der Waals surface area contributed by atoms with Crippen LogP contribution in [0, 0.1) is 6.42 Å². The Balaban J connectivity index is 1.80. The second kappa shape index (κ2) is 4.21. The third-order valence-electron chi connectivity index (χ3n) is 1.81. The molecule has 0 atom stereocenters. The highest BCUT2D eigenvalue weighted by atomic mass is 32.2. The van der Waals surface area contributed by atoms with Crippen LogP contribution in [0.2, 0.25) is 0 Å². The molecule has 9 heavy (non-hydrogen) atoms. The molecule has 1 fully saturated rings. The van der Waals surface area contributed by atoms with Gasteiger partial charge in [0.25, 0.3) is 0 Å². The van der Waals surface area contributed by atoms with Gasteiger partial charge in [-0.3, -0.25) is 0 Å². The average molecular weight is 143 g/mol. The van der Waals surface area contributed by atoms with E-state index in [1.54, 1.807) is 0 Å². The van der Waals surface area contributed by atoms with Crippen LogP contribution in [0.4, 0.5) is 0 Å². The zero-order valence-corrected chi connectivity index (χ0v) is 6.91. The third kappa shape index (κ3) is 2.61. The van der Waals surface area contributed by atoms with Gasteiger partial charge in [0.1, 0.15) is 0 Å². The van der Waals surface area contributed by atoms with Crippen molar-refractivity contribution in [3.05, 3.63) is 6.42 Å². The van der Waals surface area contributed by atoms with Crippen LogP contribution in [0.3, 0.4) is 0 Å². The van der Waals surface area contributed by atoms with Crippen LogP contribution >= 0.6 is 11.8 Å². The lowest BCUT2D eigenvalue weighted by atomic mass is 10.0. The van der Waals surface area contributed by atoms with Gasteiger partial charge in [-0.25, -0.2) is 0 Å². The molecule has 0 bridgehead atoms. The largest absolute Gasteiger partial charge is 0.159 e. The highest BCUT2D eigenvalue weighted by Gasteiger charge is 2.16. The second-order valence-corrected chi connectivity index (χ2v) is 4.03. The summed E-state index contributed by atoms with van der Waals surface area (Å²) in [4.78, 5) is 0. The van der Waals surface area contributed by atoms with Gasteiger partial charge in [-0.1, -0.05) is 13.3 Å². The summed E-state index contributed by atoms with van der Waals surface area (Å²) in [5.74, 6) is 1.35. The van der Waals surface area contributed by atoms with E-state index in [1.807, 2.05) is 0 Å². The molecule has 1 rings (SSSR count). The van der Waals surface area contributed by atoms with Crippen molar-refractivity contribution in [2.24, 2.45) is 0 Å². The predicted octanol–water partition coefficient (Wildman–Crippen LogP) is 2.89.